The van der Waals surface area contributed by atoms with E-state index < -0.39 is 0 Å². The fourth-order valence-corrected chi connectivity index (χ4v) is 2.67. The average molecular weight is 285 g/mol. The molecule has 0 bridgehead atoms. The Morgan fingerprint density at radius 3 is 2.95 bits per heavy atom. The molecule has 0 saturated carbocycles. The smallest absolute Gasteiger partial charge is 0.178 e. The number of rotatable bonds is 4. The lowest BCUT2D eigenvalue weighted by Crippen LogP contribution is -1.91. The minimum absolute atomic E-state index is 0.720. The van der Waals surface area contributed by atoms with Crippen molar-refractivity contribution >= 4 is 22.9 Å². The molecule has 102 valence electrons. The van der Waals surface area contributed by atoms with Gasteiger partial charge in [-0.15, -0.1) is 0 Å². The number of fused-ring (bicyclic) bond motifs is 1. The molecule has 1 aromatic carbocycles. The Kier molecular flexibility index (Phi) is 3.60. The number of methoxy groups -OCH3 is 1. The van der Waals surface area contributed by atoms with Gasteiger partial charge in [-0.1, -0.05) is 6.07 Å². The maximum Gasteiger partial charge on any atom is 0.178 e. The summed E-state index contributed by atoms with van der Waals surface area (Å²) in [5.74, 6) is 2.58. The molecule has 0 aliphatic carbocycles. The third-order valence-corrected chi connectivity index (χ3v) is 3.71. The van der Waals surface area contributed by atoms with E-state index in [9.17, 15) is 0 Å². The van der Waals surface area contributed by atoms with Gasteiger partial charge in [-0.25, -0.2) is 9.97 Å². The van der Waals surface area contributed by atoms with Gasteiger partial charge >= 0.3 is 0 Å². The number of benzene rings is 1. The topological polar surface area (TPSA) is 50.8 Å². The summed E-state index contributed by atoms with van der Waals surface area (Å²) in [6.45, 7) is 0. The monoisotopic (exact) mass is 285 g/mol. The number of hydrogen-bond acceptors (Lipinski definition) is 4. The van der Waals surface area contributed by atoms with E-state index in [0.29, 0.717) is 0 Å². The van der Waals surface area contributed by atoms with Gasteiger partial charge in [0, 0.05) is 11.9 Å². The van der Waals surface area contributed by atoms with E-state index in [-0.39, 0.29) is 0 Å². The summed E-state index contributed by atoms with van der Waals surface area (Å²) in [6.07, 6.45) is 3.83. The highest BCUT2D eigenvalue weighted by molar-refractivity contribution is 7.97. The van der Waals surface area contributed by atoms with Crippen LogP contribution in [0.15, 0.2) is 36.5 Å². The molecule has 3 rings (SSSR count). The van der Waals surface area contributed by atoms with Crippen molar-refractivity contribution in [2.75, 3.05) is 13.4 Å². The number of H-pyrrole nitrogens is 1. The van der Waals surface area contributed by atoms with Gasteiger partial charge in [-0.2, -0.15) is 11.8 Å². The number of nitrogens with one attached hydrogen (secondary N) is 1. The van der Waals surface area contributed by atoms with Crippen molar-refractivity contribution in [1.82, 2.24) is 15.0 Å². The van der Waals surface area contributed by atoms with Crippen LogP contribution in [-0.4, -0.2) is 28.3 Å². The molecule has 2 heterocycles. The van der Waals surface area contributed by atoms with Crippen LogP contribution in [0.5, 0.6) is 5.75 Å². The zero-order chi connectivity index (χ0) is 13.9. The van der Waals surface area contributed by atoms with Crippen LogP contribution in [0.1, 0.15) is 5.56 Å². The zero-order valence-electron chi connectivity index (χ0n) is 11.4. The first-order valence-corrected chi connectivity index (χ1v) is 7.68. The highest BCUT2D eigenvalue weighted by Crippen LogP contribution is 2.30. The van der Waals surface area contributed by atoms with Crippen molar-refractivity contribution in [3.8, 4) is 17.1 Å². The van der Waals surface area contributed by atoms with Crippen molar-refractivity contribution in [2.45, 2.75) is 5.75 Å². The molecular formula is C15H15N3OS. The number of aromatic nitrogens is 3. The SMILES string of the molecule is COc1cc(CSC)ccc1-c1nc2ncccc2[nH]1. The molecule has 3 aromatic rings. The molecule has 0 saturated heterocycles. The van der Waals surface area contributed by atoms with Gasteiger partial charge in [-0.05, 0) is 36.1 Å². The van der Waals surface area contributed by atoms with Gasteiger partial charge in [0.15, 0.2) is 5.65 Å². The molecule has 0 fully saturated rings. The van der Waals surface area contributed by atoms with Gasteiger partial charge in [0.25, 0.3) is 0 Å². The van der Waals surface area contributed by atoms with E-state index in [1.807, 2.05) is 18.2 Å². The van der Waals surface area contributed by atoms with Crippen LogP contribution in [0.2, 0.25) is 0 Å². The maximum absolute atomic E-state index is 5.49. The van der Waals surface area contributed by atoms with Crippen molar-refractivity contribution in [2.24, 2.45) is 0 Å². The summed E-state index contributed by atoms with van der Waals surface area (Å²) in [5.41, 5.74) is 3.85. The Bertz CT molecular complexity index is 706. The molecule has 1 N–H and O–H groups in total. The van der Waals surface area contributed by atoms with E-state index >= 15 is 0 Å². The standard InChI is InChI=1S/C15H15N3OS/c1-19-13-8-10(9-20-2)5-6-11(13)14-17-12-4-3-7-16-15(12)18-14/h3-8H,9H2,1-2H3,(H,16,17,18). The first kappa shape index (κ1) is 13.0. The third kappa shape index (κ3) is 2.36. The van der Waals surface area contributed by atoms with Crippen molar-refractivity contribution in [1.29, 1.82) is 0 Å². The minimum Gasteiger partial charge on any atom is -0.496 e. The summed E-state index contributed by atoms with van der Waals surface area (Å²) < 4.78 is 5.49. The normalized spacial score (nSPS) is 10.9. The van der Waals surface area contributed by atoms with Crippen LogP contribution in [0.3, 0.4) is 0 Å². The Hall–Kier alpha value is -2.01. The summed E-state index contributed by atoms with van der Waals surface area (Å²) in [4.78, 5) is 12.0. The average Bonchev–Trinajstić information content (AvgIpc) is 2.91. The number of imidazole rings is 1. The van der Waals surface area contributed by atoms with Crippen LogP contribution in [0.4, 0.5) is 0 Å². The van der Waals surface area contributed by atoms with E-state index in [1.54, 1.807) is 25.1 Å². The number of hydrogen-bond donors (Lipinski definition) is 1. The summed E-state index contributed by atoms with van der Waals surface area (Å²) in [5, 5.41) is 0. The number of ether oxygens (including phenoxy) is 1. The fraction of sp³-hybridized carbons (Fsp3) is 0.200. The second kappa shape index (κ2) is 5.54. The number of thioether (sulfide) groups is 1. The lowest BCUT2D eigenvalue weighted by Gasteiger charge is -2.08. The molecule has 0 unspecified atom stereocenters. The minimum atomic E-state index is 0.720. The van der Waals surface area contributed by atoms with E-state index in [0.717, 1.165) is 34.1 Å². The summed E-state index contributed by atoms with van der Waals surface area (Å²) >= 11 is 1.79. The Morgan fingerprint density at radius 1 is 1.30 bits per heavy atom. The summed E-state index contributed by atoms with van der Waals surface area (Å²) in [6, 6.07) is 10.1. The Labute approximate surface area is 121 Å². The molecule has 0 atom stereocenters. The highest BCUT2D eigenvalue weighted by atomic mass is 32.2. The number of aromatic amines is 1. The molecule has 0 amide bonds. The van der Waals surface area contributed by atoms with Crippen LogP contribution in [0, 0.1) is 0 Å². The first-order valence-electron chi connectivity index (χ1n) is 6.29. The Morgan fingerprint density at radius 2 is 2.20 bits per heavy atom. The zero-order valence-corrected chi connectivity index (χ0v) is 12.2. The van der Waals surface area contributed by atoms with Crippen LogP contribution in [-0.2, 0) is 5.75 Å². The number of pyridine rings is 1. The highest BCUT2D eigenvalue weighted by Gasteiger charge is 2.11. The van der Waals surface area contributed by atoms with Gasteiger partial charge in [0.2, 0.25) is 0 Å². The van der Waals surface area contributed by atoms with Gasteiger partial charge in [0.05, 0.1) is 18.2 Å². The molecule has 5 heteroatoms. The molecular weight excluding hydrogens is 270 g/mol. The van der Waals surface area contributed by atoms with Crippen LogP contribution >= 0.6 is 11.8 Å². The first-order chi connectivity index (χ1) is 9.81. The van der Waals surface area contributed by atoms with Crippen LogP contribution in [0.25, 0.3) is 22.6 Å². The largest absolute Gasteiger partial charge is 0.496 e. The quantitative estimate of drug-likeness (QED) is 0.797. The molecule has 0 aliphatic heterocycles. The molecule has 20 heavy (non-hydrogen) atoms. The molecule has 0 aliphatic rings. The van der Waals surface area contributed by atoms with Crippen molar-refractivity contribution in [3.63, 3.8) is 0 Å². The second-order valence-corrected chi connectivity index (χ2v) is 5.29. The summed E-state index contributed by atoms with van der Waals surface area (Å²) in [7, 11) is 1.68. The maximum atomic E-state index is 5.49. The molecule has 4 nitrogen and oxygen atoms in total. The second-order valence-electron chi connectivity index (χ2n) is 4.43. The molecule has 0 radical (unpaired) electrons. The van der Waals surface area contributed by atoms with Gasteiger partial charge < -0.3 is 9.72 Å². The number of nitrogens with zero attached hydrogens (tertiary/aromatic N) is 2. The van der Waals surface area contributed by atoms with Crippen LogP contribution < -0.4 is 4.74 Å². The van der Waals surface area contributed by atoms with E-state index in [1.165, 1.54) is 5.56 Å². The van der Waals surface area contributed by atoms with E-state index in [4.69, 9.17) is 4.74 Å². The third-order valence-electron chi connectivity index (χ3n) is 3.09. The predicted molar refractivity (Wildman–Crippen MR) is 83.1 cm³/mol. The lowest BCUT2D eigenvalue weighted by atomic mass is 10.1. The Balaban J connectivity index is 2.08. The van der Waals surface area contributed by atoms with Crippen molar-refractivity contribution < 1.29 is 4.74 Å². The van der Waals surface area contributed by atoms with Gasteiger partial charge in [-0.3, -0.25) is 0 Å². The predicted octanol–water partition coefficient (Wildman–Crippen LogP) is 3.50. The molecule has 0 spiro atoms. The van der Waals surface area contributed by atoms with Crippen molar-refractivity contribution in [3.05, 3.63) is 42.1 Å². The molecule has 2 aromatic heterocycles. The fourth-order valence-electron chi connectivity index (χ4n) is 2.16. The van der Waals surface area contributed by atoms with Gasteiger partial charge in [0.1, 0.15) is 11.6 Å². The lowest BCUT2D eigenvalue weighted by molar-refractivity contribution is 0.416. The van der Waals surface area contributed by atoms with E-state index in [2.05, 4.69) is 33.3 Å².